The summed E-state index contributed by atoms with van der Waals surface area (Å²) in [4.78, 5) is 22.0. The number of carbonyl (C=O) groups excluding carboxylic acids is 1. The normalized spacial score (nSPS) is 15.2. The minimum absolute atomic E-state index is 0.0409. The van der Waals surface area contributed by atoms with Crippen molar-refractivity contribution in [2.75, 3.05) is 25.6 Å². The van der Waals surface area contributed by atoms with Crippen LogP contribution >= 0.6 is 7.75 Å². The third-order valence-electron chi connectivity index (χ3n) is 7.14. The summed E-state index contributed by atoms with van der Waals surface area (Å²) >= 11 is 0. The molecule has 0 bridgehead atoms. The Kier molecular flexibility index (Phi) is 10.8. The van der Waals surface area contributed by atoms with Crippen molar-refractivity contribution >= 4 is 41.5 Å². The van der Waals surface area contributed by atoms with E-state index in [0.29, 0.717) is 35.9 Å². The first-order chi connectivity index (χ1) is 20.6. The Morgan fingerprint density at radius 3 is 2.49 bits per heavy atom. The van der Waals surface area contributed by atoms with E-state index in [1.807, 2.05) is 44.2 Å². The highest BCUT2D eigenvalue weighted by Gasteiger charge is 2.38. The molecule has 2 aromatic heterocycles. The van der Waals surface area contributed by atoms with E-state index in [1.165, 1.54) is 0 Å². The van der Waals surface area contributed by atoms with E-state index in [0.717, 1.165) is 29.3 Å². The highest BCUT2D eigenvalue weighted by molar-refractivity contribution is 7.52. The van der Waals surface area contributed by atoms with Crippen molar-refractivity contribution in [1.82, 2.24) is 19.6 Å². The number of imidazole rings is 1. The summed E-state index contributed by atoms with van der Waals surface area (Å²) in [7, 11) is -4.11. The summed E-state index contributed by atoms with van der Waals surface area (Å²) in [6.45, 7) is 10.2. The average molecular weight is 612 g/mol. The fraction of sp³-hybridized carbons (Fsp3) is 0.452. The van der Waals surface area contributed by atoms with Crippen LogP contribution in [-0.2, 0) is 35.5 Å². The number of hydrogen-bond donors (Lipinski definition) is 2. The van der Waals surface area contributed by atoms with Crippen molar-refractivity contribution in [1.29, 1.82) is 0 Å². The first kappa shape index (κ1) is 32.4. The lowest BCUT2D eigenvalue weighted by Crippen LogP contribution is -2.39. The minimum Gasteiger partial charge on any atom is -0.465 e. The second-order valence-electron chi connectivity index (χ2n) is 10.6. The fourth-order valence-corrected chi connectivity index (χ4v) is 6.62. The molecule has 0 aliphatic carbocycles. The van der Waals surface area contributed by atoms with Gasteiger partial charge >= 0.3 is 13.7 Å². The Hall–Kier alpha value is -3.50. The molecular formula is C31H42N5O6P. The molecule has 0 amide bonds. The largest absolute Gasteiger partial charge is 0.465 e. The molecule has 0 spiro atoms. The number of nitrogens with one attached hydrogen (secondary N) is 1. The molecule has 0 radical (unpaired) electrons. The number of pyridine rings is 1. The molecule has 3 N–H and O–H groups in total. The number of benzene rings is 2. The maximum absolute atomic E-state index is 14.3. The van der Waals surface area contributed by atoms with Crippen LogP contribution in [0.2, 0.25) is 0 Å². The van der Waals surface area contributed by atoms with Gasteiger partial charge in [0.15, 0.2) is 5.82 Å². The zero-order valence-electron chi connectivity index (χ0n) is 25.5. The second kappa shape index (κ2) is 14.3. The molecule has 0 unspecified atom stereocenters. The summed E-state index contributed by atoms with van der Waals surface area (Å²) in [5.74, 6) is 0.730. The Labute approximate surface area is 252 Å². The molecule has 0 saturated heterocycles. The predicted octanol–water partition coefficient (Wildman–Crippen LogP) is 6.35. The Bertz CT molecular complexity index is 1580. The molecule has 43 heavy (non-hydrogen) atoms. The van der Waals surface area contributed by atoms with Gasteiger partial charge in [-0.05, 0) is 52.3 Å². The van der Waals surface area contributed by atoms with Crippen LogP contribution in [0.3, 0.4) is 0 Å². The highest BCUT2D eigenvalue weighted by Crippen LogP contribution is 2.47. The van der Waals surface area contributed by atoms with E-state index < -0.39 is 25.3 Å². The van der Waals surface area contributed by atoms with Gasteiger partial charge in [0.2, 0.25) is 0 Å². The molecular weight excluding hydrogens is 569 g/mol. The van der Waals surface area contributed by atoms with E-state index >= 15 is 0 Å². The number of unbranched alkanes of at least 4 members (excludes halogenated alkanes) is 1. The topological polar surface area (TPSA) is 140 Å². The molecule has 0 saturated carbocycles. The van der Waals surface area contributed by atoms with Crippen LogP contribution in [-0.4, -0.2) is 46.4 Å². The van der Waals surface area contributed by atoms with Gasteiger partial charge in [0, 0.05) is 12.0 Å². The molecule has 0 aliphatic rings. The van der Waals surface area contributed by atoms with Crippen LogP contribution in [0.4, 0.5) is 5.82 Å². The number of rotatable bonds is 16. The second-order valence-corrected chi connectivity index (χ2v) is 12.3. The van der Waals surface area contributed by atoms with E-state index in [9.17, 15) is 9.36 Å². The molecule has 232 valence electrons. The Balaban J connectivity index is 1.82. The van der Waals surface area contributed by atoms with Crippen LogP contribution in [0, 0.1) is 0 Å². The number of nitrogen functional groups attached to an aromatic ring is 1. The quantitative estimate of drug-likeness (QED) is 0.109. The number of ether oxygens (including phenoxy) is 2. The maximum atomic E-state index is 14.3. The number of hydrogen-bond acceptors (Lipinski definition) is 9. The van der Waals surface area contributed by atoms with Gasteiger partial charge in [0.1, 0.15) is 29.7 Å². The number of para-hydroxylation sites is 2. The van der Waals surface area contributed by atoms with E-state index in [2.05, 4.69) is 21.6 Å². The molecule has 11 nitrogen and oxygen atoms in total. The number of fused-ring (bicyclic) bond motifs is 3. The molecule has 4 aromatic rings. The molecule has 0 aliphatic heterocycles. The first-order valence-electron chi connectivity index (χ1n) is 14.7. The van der Waals surface area contributed by atoms with E-state index in [1.54, 1.807) is 38.1 Å². The smallest absolute Gasteiger partial charge is 0.459 e. The highest BCUT2D eigenvalue weighted by atomic mass is 31.2. The average Bonchev–Trinajstić information content (AvgIpc) is 3.40. The van der Waals surface area contributed by atoms with Crippen LogP contribution in [0.5, 0.6) is 5.75 Å². The molecule has 2 heterocycles. The third kappa shape index (κ3) is 7.54. The van der Waals surface area contributed by atoms with Gasteiger partial charge in [-0.25, -0.2) is 14.5 Å². The van der Waals surface area contributed by atoms with Gasteiger partial charge in [-0.3, -0.25) is 9.32 Å². The lowest BCUT2D eigenvalue weighted by molar-refractivity contribution is -0.144. The van der Waals surface area contributed by atoms with Crippen LogP contribution in [0.1, 0.15) is 59.7 Å². The number of nitrogens with two attached hydrogens (primary N) is 1. The lowest BCUT2D eigenvalue weighted by atomic mass is 9.94. The standard InChI is InChI=1S/C31H42N5O6P/c1-6-9-19-31(5,21-41-43(38,35-22(4)30(37)40-8-3)42-23-15-11-10-12-16-23)36-26(20-39-7-2)34-27-28(36)24-17-13-14-18-25(24)33-29(27)32/h10-18,22H,6-9,19-21H2,1-5H3,(H2,32,33)(H,35,38)/t22-,31+,43-/m0/s1. The molecule has 12 heteroatoms. The predicted molar refractivity (Wildman–Crippen MR) is 168 cm³/mol. The number of anilines is 1. The Morgan fingerprint density at radius 2 is 1.79 bits per heavy atom. The summed E-state index contributed by atoms with van der Waals surface area (Å²) in [6, 6.07) is 15.5. The fourth-order valence-electron chi connectivity index (χ4n) is 5.02. The van der Waals surface area contributed by atoms with Crippen LogP contribution in [0.25, 0.3) is 21.9 Å². The number of aromatic nitrogens is 3. The Morgan fingerprint density at radius 1 is 1.07 bits per heavy atom. The third-order valence-corrected chi connectivity index (χ3v) is 8.76. The van der Waals surface area contributed by atoms with Gasteiger partial charge in [-0.15, -0.1) is 0 Å². The van der Waals surface area contributed by atoms with Gasteiger partial charge < -0.3 is 24.3 Å². The first-order valence-corrected chi connectivity index (χ1v) is 16.3. The van der Waals surface area contributed by atoms with Crippen molar-refractivity contribution in [3.8, 4) is 5.75 Å². The molecule has 0 fully saturated rings. The SMILES string of the molecule is CCCC[C@](C)(CO[P@@](=O)(N[C@@H](C)C(=O)OCC)Oc1ccccc1)n1c(COCC)nc2c(N)nc3ccccc3c21. The summed E-state index contributed by atoms with van der Waals surface area (Å²) < 4.78 is 39.6. The summed E-state index contributed by atoms with van der Waals surface area (Å²) in [5.41, 5.74) is 7.75. The zero-order chi connectivity index (χ0) is 31.0. The number of esters is 1. The van der Waals surface area contributed by atoms with Crippen LogP contribution in [0.15, 0.2) is 54.6 Å². The summed E-state index contributed by atoms with van der Waals surface area (Å²) in [6.07, 6.45) is 2.43. The molecule has 4 rings (SSSR count). The lowest BCUT2D eigenvalue weighted by Gasteiger charge is -2.35. The van der Waals surface area contributed by atoms with Crippen molar-refractivity contribution in [2.24, 2.45) is 0 Å². The van der Waals surface area contributed by atoms with Crippen molar-refractivity contribution in [3.63, 3.8) is 0 Å². The number of nitrogens with zero attached hydrogens (tertiary/aromatic N) is 3. The maximum Gasteiger partial charge on any atom is 0.459 e. The van der Waals surface area contributed by atoms with Gasteiger partial charge in [0.25, 0.3) is 0 Å². The van der Waals surface area contributed by atoms with Gasteiger partial charge in [-0.2, -0.15) is 5.09 Å². The summed E-state index contributed by atoms with van der Waals surface area (Å²) in [5, 5.41) is 3.66. The van der Waals surface area contributed by atoms with Gasteiger partial charge in [0.05, 0.1) is 29.8 Å². The van der Waals surface area contributed by atoms with Crippen molar-refractivity contribution < 1.29 is 27.9 Å². The van der Waals surface area contributed by atoms with E-state index in [-0.39, 0.29) is 19.8 Å². The van der Waals surface area contributed by atoms with Crippen molar-refractivity contribution in [2.45, 2.75) is 72.1 Å². The van der Waals surface area contributed by atoms with Gasteiger partial charge in [-0.1, -0.05) is 56.2 Å². The molecule has 2 aromatic carbocycles. The minimum atomic E-state index is -4.11. The van der Waals surface area contributed by atoms with Crippen LogP contribution < -0.4 is 15.3 Å². The molecule has 3 atom stereocenters. The van der Waals surface area contributed by atoms with E-state index in [4.69, 9.17) is 29.2 Å². The zero-order valence-corrected chi connectivity index (χ0v) is 26.4. The van der Waals surface area contributed by atoms with Crippen molar-refractivity contribution in [3.05, 3.63) is 60.4 Å². The number of carbonyl (C=O) groups is 1. The monoisotopic (exact) mass is 611 g/mol.